The van der Waals surface area contributed by atoms with Gasteiger partial charge in [-0.1, -0.05) is 23.9 Å². The van der Waals surface area contributed by atoms with E-state index in [9.17, 15) is 13.2 Å². The van der Waals surface area contributed by atoms with Gasteiger partial charge in [-0.05, 0) is 38.5 Å². The highest BCUT2D eigenvalue weighted by atomic mass is 32.2. The standard InChI is InChI=1S/C19H20N2O4S2/c1-12-9-15(13(2)21(12)14-7-8-27(23,24)11-14)17(22)10-26-19-20-16-5-3-4-6-18(16)25-19/h3-6,9,14H,7-8,10-11H2,1-2H3/t14-/m0/s1. The lowest BCUT2D eigenvalue weighted by atomic mass is 10.2. The molecule has 1 aliphatic rings. The van der Waals surface area contributed by atoms with Crippen molar-refractivity contribution in [2.45, 2.75) is 31.5 Å². The van der Waals surface area contributed by atoms with E-state index in [1.54, 1.807) is 0 Å². The highest BCUT2D eigenvalue weighted by Crippen LogP contribution is 2.30. The van der Waals surface area contributed by atoms with Gasteiger partial charge in [-0.3, -0.25) is 4.79 Å². The lowest BCUT2D eigenvalue weighted by Gasteiger charge is -2.16. The van der Waals surface area contributed by atoms with Crippen molar-refractivity contribution < 1.29 is 17.6 Å². The average molecular weight is 405 g/mol. The fourth-order valence-corrected chi connectivity index (χ4v) is 6.14. The minimum Gasteiger partial charge on any atom is -0.431 e. The molecule has 1 atom stereocenters. The second-order valence-corrected chi connectivity index (χ2v) is 10.0. The lowest BCUT2D eigenvalue weighted by molar-refractivity contribution is 0.102. The predicted molar refractivity (Wildman–Crippen MR) is 105 cm³/mol. The number of sulfone groups is 1. The van der Waals surface area contributed by atoms with Crippen molar-refractivity contribution in [1.29, 1.82) is 0 Å². The van der Waals surface area contributed by atoms with Gasteiger partial charge in [0.05, 0.1) is 17.3 Å². The first-order valence-corrected chi connectivity index (χ1v) is 11.6. The van der Waals surface area contributed by atoms with E-state index in [1.807, 2.05) is 48.7 Å². The number of fused-ring (bicyclic) bond motifs is 1. The first kappa shape index (κ1) is 18.3. The van der Waals surface area contributed by atoms with Crippen LogP contribution in [0.1, 0.15) is 34.2 Å². The number of nitrogens with zero attached hydrogens (tertiary/aromatic N) is 2. The van der Waals surface area contributed by atoms with Gasteiger partial charge < -0.3 is 8.98 Å². The maximum absolute atomic E-state index is 12.7. The van der Waals surface area contributed by atoms with Gasteiger partial charge in [0.15, 0.2) is 21.2 Å². The molecule has 0 bridgehead atoms. The maximum atomic E-state index is 12.7. The van der Waals surface area contributed by atoms with Crippen LogP contribution in [0.2, 0.25) is 0 Å². The predicted octanol–water partition coefficient (Wildman–Crippen LogP) is 3.58. The third-order valence-electron chi connectivity index (χ3n) is 4.96. The molecule has 4 rings (SSSR count). The summed E-state index contributed by atoms with van der Waals surface area (Å²) in [7, 11) is -2.98. The summed E-state index contributed by atoms with van der Waals surface area (Å²) in [4.78, 5) is 17.1. The topological polar surface area (TPSA) is 82.2 Å². The molecular weight excluding hydrogens is 384 g/mol. The van der Waals surface area contributed by atoms with Crippen molar-refractivity contribution in [3.8, 4) is 0 Å². The van der Waals surface area contributed by atoms with Crippen LogP contribution in [0.4, 0.5) is 0 Å². The van der Waals surface area contributed by atoms with E-state index in [0.717, 1.165) is 16.9 Å². The Kier molecular flexibility index (Phi) is 4.63. The van der Waals surface area contributed by atoms with Gasteiger partial charge in [-0.2, -0.15) is 0 Å². The Balaban J connectivity index is 1.51. The van der Waals surface area contributed by atoms with Crippen molar-refractivity contribution >= 4 is 38.5 Å². The van der Waals surface area contributed by atoms with E-state index in [0.29, 0.717) is 22.8 Å². The molecule has 0 aliphatic carbocycles. The van der Waals surface area contributed by atoms with Crippen molar-refractivity contribution in [1.82, 2.24) is 9.55 Å². The van der Waals surface area contributed by atoms with Gasteiger partial charge in [0.25, 0.3) is 5.22 Å². The van der Waals surface area contributed by atoms with Gasteiger partial charge in [0.2, 0.25) is 0 Å². The zero-order valence-corrected chi connectivity index (χ0v) is 16.8. The van der Waals surface area contributed by atoms with Crippen LogP contribution in [-0.2, 0) is 9.84 Å². The van der Waals surface area contributed by atoms with E-state index in [-0.39, 0.29) is 29.1 Å². The molecule has 0 N–H and O–H groups in total. The van der Waals surface area contributed by atoms with Crippen LogP contribution in [0.15, 0.2) is 40.0 Å². The highest BCUT2D eigenvalue weighted by Gasteiger charge is 2.31. The van der Waals surface area contributed by atoms with Crippen LogP contribution < -0.4 is 0 Å². The van der Waals surface area contributed by atoms with Gasteiger partial charge in [0, 0.05) is 23.0 Å². The Hall–Kier alpha value is -2.06. The Morgan fingerprint density at radius 1 is 1.33 bits per heavy atom. The number of hydrogen-bond donors (Lipinski definition) is 0. The van der Waals surface area contributed by atoms with E-state index in [4.69, 9.17) is 4.42 Å². The van der Waals surface area contributed by atoms with Crippen LogP contribution >= 0.6 is 11.8 Å². The second kappa shape index (κ2) is 6.83. The van der Waals surface area contributed by atoms with Crippen molar-refractivity contribution in [3.05, 3.63) is 47.3 Å². The number of ketones is 1. The molecule has 8 heteroatoms. The minimum atomic E-state index is -2.98. The molecule has 0 unspecified atom stereocenters. The second-order valence-electron chi connectivity index (χ2n) is 6.87. The first-order chi connectivity index (χ1) is 12.8. The zero-order chi connectivity index (χ0) is 19.2. The van der Waals surface area contributed by atoms with Crippen molar-refractivity contribution in [3.63, 3.8) is 0 Å². The molecule has 6 nitrogen and oxygen atoms in total. The van der Waals surface area contributed by atoms with Crippen LogP contribution in [0.3, 0.4) is 0 Å². The average Bonchev–Trinajstić information content (AvgIpc) is 3.27. The van der Waals surface area contributed by atoms with E-state index in [2.05, 4.69) is 4.98 Å². The summed E-state index contributed by atoms with van der Waals surface area (Å²) in [6.45, 7) is 3.80. The Morgan fingerprint density at radius 3 is 2.81 bits per heavy atom. The largest absolute Gasteiger partial charge is 0.431 e. The molecule has 0 saturated carbocycles. The van der Waals surface area contributed by atoms with Crippen LogP contribution in [0.5, 0.6) is 0 Å². The SMILES string of the molecule is Cc1cc(C(=O)CSc2nc3ccccc3o2)c(C)n1[C@H]1CCS(=O)(=O)C1. The van der Waals surface area contributed by atoms with Gasteiger partial charge in [-0.15, -0.1) is 0 Å². The number of para-hydroxylation sites is 2. The molecular formula is C19H20N2O4S2. The summed E-state index contributed by atoms with van der Waals surface area (Å²) in [6.07, 6.45) is 0.601. The van der Waals surface area contributed by atoms with Gasteiger partial charge in [0.1, 0.15) is 5.52 Å². The number of oxazole rings is 1. The Labute approximate surface area is 161 Å². The maximum Gasteiger partial charge on any atom is 0.257 e. The van der Waals surface area contributed by atoms with Crippen molar-refractivity contribution in [2.75, 3.05) is 17.3 Å². The number of carbonyl (C=O) groups excluding carboxylic acids is 1. The molecule has 27 heavy (non-hydrogen) atoms. The number of aryl methyl sites for hydroxylation is 1. The molecule has 1 aliphatic heterocycles. The third kappa shape index (κ3) is 3.55. The van der Waals surface area contributed by atoms with Gasteiger partial charge in [-0.25, -0.2) is 13.4 Å². The van der Waals surface area contributed by atoms with Crippen LogP contribution in [0.25, 0.3) is 11.1 Å². The number of carbonyl (C=O) groups is 1. The highest BCUT2D eigenvalue weighted by molar-refractivity contribution is 7.99. The fourth-order valence-electron chi connectivity index (χ4n) is 3.72. The molecule has 0 amide bonds. The molecule has 0 radical (unpaired) electrons. The summed E-state index contributed by atoms with van der Waals surface area (Å²) in [6, 6.07) is 9.26. The monoisotopic (exact) mass is 404 g/mol. The van der Waals surface area contributed by atoms with E-state index in [1.165, 1.54) is 11.8 Å². The van der Waals surface area contributed by atoms with E-state index >= 15 is 0 Å². The van der Waals surface area contributed by atoms with Crippen LogP contribution in [-0.4, -0.2) is 41.0 Å². The summed E-state index contributed by atoms with van der Waals surface area (Å²) in [5.74, 6) is 0.572. The number of Topliss-reactive ketones (excluding diaryl/α,β-unsaturated/α-hetero) is 1. The summed E-state index contributed by atoms with van der Waals surface area (Å²) >= 11 is 1.27. The number of aromatic nitrogens is 2. The Morgan fingerprint density at radius 2 is 2.11 bits per heavy atom. The van der Waals surface area contributed by atoms with Crippen molar-refractivity contribution in [2.24, 2.45) is 0 Å². The molecule has 1 aromatic carbocycles. The van der Waals surface area contributed by atoms with E-state index < -0.39 is 9.84 Å². The summed E-state index contributed by atoms with van der Waals surface area (Å²) in [5.41, 5.74) is 3.86. The third-order valence-corrected chi connectivity index (χ3v) is 7.54. The molecule has 3 heterocycles. The molecule has 2 aromatic heterocycles. The molecule has 1 saturated heterocycles. The van der Waals surface area contributed by atoms with Gasteiger partial charge >= 0.3 is 0 Å². The summed E-state index contributed by atoms with van der Waals surface area (Å²) < 4.78 is 31.3. The normalized spacial score (nSPS) is 19.0. The molecule has 142 valence electrons. The smallest absolute Gasteiger partial charge is 0.257 e. The zero-order valence-electron chi connectivity index (χ0n) is 15.1. The number of thioether (sulfide) groups is 1. The number of benzene rings is 1. The summed E-state index contributed by atoms with van der Waals surface area (Å²) in [5, 5.41) is 0.472. The molecule has 0 spiro atoms. The van der Waals surface area contributed by atoms with Crippen LogP contribution in [0, 0.1) is 13.8 Å². The molecule has 3 aromatic rings. The lowest BCUT2D eigenvalue weighted by Crippen LogP contribution is -2.14. The molecule has 1 fully saturated rings. The number of rotatable bonds is 5. The first-order valence-electron chi connectivity index (χ1n) is 8.74. The minimum absolute atomic E-state index is 0.0116. The quantitative estimate of drug-likeness (QED) is 0.477. The number of hydrogen-bond acceptors (Lipinski definition) is 6. The Bertz CT molecular complexity index is 1090. The fraction of sp³-hybridized carbons (Fsp3) is 0.368.